The highest BCUT2D eigenvalue weighted by molar-refractivity contribution is 7.93. The van der Waals surface area contributed by atoms with Crippen LogP contribution in [0.2, 0.25) is 10.0 Å². The van der Waals surface area contributed by atoms with E-state index in [9.17, 15) is 21.6 Å². The maximum atomic E-state index is 12.8. The van der Waals surface area contributed by atoms with Gasteiger partial charge in [-0.15, -0.1) is 0 Å². The number of hydrogen-bond acceptors (Lipinski definition) is 2. The van der Waals surface area contributed by atoms with E-state index in [0.717, 1.165) is 12.1 Å². The van der Waals surface area contributed by atoms with Crippen molar-refractivity contribution in [2.45, 2.75) is 6.18 Å². The summed E-state index contributed by atoms with van der Waals surface area (Å²) in [5, 5.41) is 0.122. The Balaban J connectivity index is 3.51. The van der Waals surface area contributed by atoms with E-state index in [-0.39, 0.29) is 15.5 Å². The highest BCUT2D eigenvalue weighted by atomic mass is 35.5. The molecule has 0 fully saturated rings. The van der Waals surface area contributed by atoms with Crippen molar-refractivity contribution in [3.8, 4) is 0 Å². The van der Waals surface area contributed by atoms with E-state index in [1.165, 1.54) is 6.07 Å². The predicted octanol–water partition coefficient (Wildman–Crippen LogP) is 3.94. The number of rotatable bonds is 2. The molecule has 0 aliphatic heterocycles. The van der Waals surface area contributed by atoms with Crippen LogP contribution in [0.5, 0.6) is 0 Å². The van der Waals surface area contributed by atoms with Gasteiger partial charge in [0.1, 0.15) is 0 Å². The van der Waals surface area contributed by atoms with Crippen LogP contribution in [-0.2, 0) is 9.84 Å². The average molecular weight is 319 g/mol. The van der Waals surface area contributed by atoms with Gasteiger partial charge in [0.25, 0.3) is 0 Å². The summed E-state index contributed by atoms with van der Waals surface area (Å²) in [5.74, 6) is 0. The van der Waals surface area contributed by atoms with Gasteiger partial charge in [-0.3, -0.25) is 0 Å². The number of benzene rings is 1. The van der Waals surface area contributed by atoms with E-state index in [1.807, 2.05) is 0 Å². The Morgan fingerprint density at radius 1 is 1.17 bits per heavy atom. The molecule has 0 unspecified atom stereocenters. The first kappa shape index (κ1) is 15.3. The van der Waals surface area contributed by atoms with Crippen LogP contribution >= 0.6 is 23.2 Å². The molecule has 1 aromatic rings. The largest absolute Gasteiger partial charge is 0.417 e. The minimum atomic E-state index is -4.82. The van der Waals surface area contributed by atoms with Crippen molar-refractivity contribution in [3.05, 3.63) is 39.2 Å². The number of hydrogen-bond donors (Lipinski definition) is 0. The molecule has 0 amide bonds. The first-order valence-corrected chi connectivity index (χ1v) is 7.15. The number of sulfone groups is 1. The fourth-order valence-electron chi connectivity index (χ4n) is 1.22. The van der Waals surface area contributed by atoms with Gasteiger partial charge in [-0.2, -0.15) is 13.2 Å². The molecule has 0 aromatic heterocycles. The zero-order valence-corrected chi connectivity index (χ0v) is 11.3. The van der Waals surface area contributed by atoms with Crippen molar-refractivity contribution in [2.24, 2.45) is 0 Å². The Morgan fingerprint density at radius 2 is 1.61 bits per heavy atom. The molecule has 0 N–H and O–H groups in total. The Bertz CT molecular complexity index is 571. The van der Waals surface area contributed by atoms with Crippen LogP contribution in [0.15, 0.2) is 23.6 Å². The lowest BCUT2D eigenvalue weighted by molar-refractivity contribution is -0.0688. The van der Waals surface area contributed by atoms with Gasteiger partial charge in [0.15, 0.2) is 9.84 Å². The normalized spacial score (nSPS) is 13.8. The molecule has 18 heavy (non-hydrogen) atoms. The van der Waals surface area contributed by atoms with Crippen molar-refractivity contribution < 1.29 is 21.6 Å². The van der Waals surface area contributed by atoms with Gasteiger partial charge in [-0.25, -0.2) is 8.42 Å². The maximum absolute atomic E-state index is 12.8. The van der Waals surface area contributed by atoms with Crippen molar-refractivity contribution in [2.75, 3.05) is 6.26 Å². The van der Waals surface area contributed by atoms with E-state index in [2.05, 4.69) is 0 Å². The second kappa shape index (κ2) is 5.11. The van der Waals surface area contributed by atoms with Crippen LogP contribution in [0, 0.1) is 0 Å². The Hall–Kier alpha value is -0.720. The zero-order valence-electron chi connectivity index (χ0n) is 8.92. The van der Waals surface area contributed by atoms with Crippen LogP contribution < -0.4 is 0 Å². The van der Waals surface area contributed by atoms with E-state index < -0.39 is 27.2 Å². The second-order valence-corrected chi connectivity index (χ2v) is 6.28. The molecule has 0 heterocycles. The van der Waals surface area contributed by atoms with Crippen molar-refractivity contribution in [1.82, 2.24) is 0 Å². The van der Waals surface area contributed by atoms with Crippen molar-refractivity contribution >= 4 is 38.6 Å². The molecule has 1 aromatic carbocycles. The lowest BCUT2D eigenvalue weighted by Crippen LogP contribution is -2.12. The minimum absolute atomic E-state index is 0.0128. The Labute approximate surface area is 112 Å². The summed E-state index contributed by atoms with van der Waals surface area (Å²) in [6.07, 6.45) is -4.15. The summed E-state index contributed by atoms with van der Waals surface area (Å²) in [4.78, 5) is 0. The third-order valence-corrected chi connectivity index (χ3v) is 2.91. The Kier molecular flexibility index (Phi) is 4.35. The first-order chi connectivity index (χ1) is 7.99. The second-order valence-electron chi connectivity index (χ2n) is 3.52. The van der Waals surface area contributed by atoms with Crippen LogP contribution in [-0.4, -0.2) is 20.8 Å². The maximum Gasteiger partial charge on any atom is 0.417 e. The number of alkyl halides is 3. The molecule has 0 aliphatic carbocycles. The highest BCUT2D eigenvalue weighted by Gasteiger charge is 2.36. The van der Waals surface area contributed by atoms with Gasteiger partial charge < -0.3 is 0 Å². The molecule has 0 atom stereocenters. The molecular formula is C10H7Cl2F3O2S. The molecule has 0 radical (unpaired) electrons. The topological polar surface area (TPSA) is 34.1 Å². The SMILES string of the molecule is CS(=O)(=O)/C=C(\c1cc(Cl)cc(Cl)c1)C(F)(F)F. The third-order valence-electron chi connectivity index (χ3n) is 1.81. The van der Waals surface area contributed by atoms with Crippen LogP contribution in [0.1, 0.15) is 5.56 Å². The van der Waals surface area contributed by atoms with E-state index in [1.54, 1.807) is 0 Å². The fourth-order valence-corrected chi connectivity index (χ4v) is 2.45. The fraction of sp³-hybridized carbons (Fsp3) is 0.200. The summed E-state index contributed by atoms with van der Waals surface area (Å²) in [6.45, 7) is 0. The van der Waals surface area contributed by atoms with Gasteiger partial charge in [-0.05, 0) is 23.8 Å². The summed E-state index contributed by atoms with van der Waals surface area (Å²) in [7, 11) is -3.95. The zero-order chi connectivity index (χ0) is 14.1. The van der Waals surface area contributed by atoms with Crippen molar-refractivity contribution in [3.63, 3.8) is 0 Å². The highest BCUT2D eigenvalue weighted by Crippen LogP contribution is 2.36. The standard InChI is InChI=1S/C10H7Cl2F3O2S/c1-18(16,17)5-9(10(13,14)15)6-2-7(11)4-8(12)3-6/h2-5H,1H3/b9-5+. The minimum Gasteiger partial charge on any atom is -0.225 e. The number of halogens is 5. The molecule has 0 aliphatic rings. The predicted molar refractivity (Wildman–Crippen MR) is 65.3 cm³/mol. The van der Waals surface area contributed by atoms with Gasteiger partial charge in [0, 0.05) is 21.7 Å². The van der Waals surface area contributed by atoms with Gasteiger partial charge in [0.05, 0.1) is 5.57 Å². The molecule has 100 valence electrons. The van der Waals surface area contributed by atoms with Crippen LogP contribution in [0.3, 0.4) is 0 Å². The lowest BCUT2D eigenvalue weighted by atomic mass is 10.1. The third kappa shape index (κ3) is 4.51. The van der Waals surface area contributed by atoms with Gasteiger partial charge >= 0.3 is 6.18 Å². The van der Waals surface area contributed by atoms with E-state index in [0.29, 0.717) is 6.26 Å². The smallest absolute Gasteiger partial charge is 0.225 e. The van der Waals surface area contributed by atoms with Gasteiger partial charge in [-0.1, -0.05) is 23.2 Å². The van der Waals surface area contributed by atoms with Crippen molar-refractivity contribution in [1.29, 1.82) is 0 Å². The molecule has 2 nitrogen and oxygen atoms in total. The Morgan fingerprint density at radius 3 is 1.94 bits per heavy atom. The summed E-state index contributed by atoms with van der Waals surface area (Å²) in [5.41, 5.74) is -1.71. The molecular weight excluding hydrogens is 312 g/mol. The molecule has 0 bridgehead atoms. The quantitative estimate of drug-likeness (QED) is 0.827. The molecule has 0 saturated carbocycles. The lowest BCUT2D eigenvalue weighted by Gasteiger charge is -2.12. The number of allylic oxidation sites excluding steroid dienone is 1. The van der Waals surface area contributed by atoms with Gasteiger partial charge in [0.2, 0.25) is 0 Å². The summed E-state index contributed by atoms with van der Waals surface area (Å²) in [6, 6.07) is 3.25. The summed E-state index contributed by atoms with van der Waals surface area (Å²) < 4.78 is 60.3. The first-order valence-electron chi connectivity index (χ1n) is 4.44. The van der Waals surface area contributed by atoms with E-state index in [4.69, 9.17) is 23.2 Å². The van der Waals surface area contributed by atoms with Crippen LogP contribution in [0.4, 0.5) is 13.2 Å². The van der Waals surface area contributed by atoms with Crippen LogP contribution in [0.25, 0.3) is 5.57 Å². The van der Waals surface area contributed by atoms with E-state index >= 15 is 0 Å². The molecule has 0 spiro atoms. The molecule has 0 saturated heterocycles. The summed E-state index contributed by atoms with van der Waals surface area (Å²) >= 11 is 11.2. The molecule has 1 rings (SSSR count). The average Bonchev–Trinajstić information content (AvgIpc) is 2.09. The molecule has 8 heteroatoms. The monoisotopic (exact) mass is 318 g/mol.